The Bertz CT molecular complexity index is 1140. The Morgan fingerprint density at radius 3 is 2.75 bits per heavy atom. The van der Waals surface area contributed by atoms with Crippen molar-refractivity contribution < 1.29 is 4.79 Å². The molecule has 1 amide bonds. The van der Waals surface area contributed by atoms with Crippen molar-refractivity contribution >= 4 is 28.6 Å². The molecule has 28 heavy (non-hydrogen) atoms. The molecule has 0 bridgehead atoms. The molecule has 5 nitrogen and oxygen atoms in total. The third-order valence-electron chi connectivity index (χ3n) is 4.58. The number of carbonyl (C=O) groups excluding carboxylic acids is 1. The zero-order chi connectivity index (χ0) is 20.3. The third-order valence-corrected chi connectivity index (χ3v) is 5.63. The SMILES string of the molecule is C#CCNC(=O)C(C)Sc1nc2ccccc2c(=O)n1-c1cccc(C)c1C. The number of aryl methyl sites for hydroxylation is 1. The van der Waals surface area contributed by atoms with Crippen LogP contribution < -0.4 is 10.9 Å². The molecule has 1 unspecified atom stereocenters. The Labute approximate surface area is 168 Å². The summed E-state index contributed by atoms with van der Waals surface area (Å²) in [6.45, 7) is 5.91. The Kier molecular flexibility index (Phi) is 5.86. The molecule has 0 aliphatic carbocycles. The summed E-state index contributed by atoms with van der Waals surface area (Å²) >= 11 is 1.24. The normalized spacial score (nSPS) is 11.8. The number of thioether (sulfide) groups is 1. The lowest BCUT2D eigenvalue weighted by Crippen LogP contribution is -2.32. The summed E-state index contributed by atoms with van der Waals surface area (Å²) in [7, 11) is 0. The molecule has 1 aromatic heterocycles. The first-order valence-electron chi connectivity index (χ1n) is 8.90. The molecular weight excluding hydrogens is 370 g/mol. The minimum Gasteiger partial charge on any atom is -0.344 e. The number of benzene rings is 2. The van der Waals surface area contributed by atoms with E-state index in [0.29, 0.717) is 16.1 Å². The van der Waals surface area contributed by atoms with Crippen LogP contribution in [-0.2, 0) is 4.79 Å². The predicted octanol–water partition coefficient (Wildman–Crippen LogP) is 3.23. The molecular formula is C22H21N3O2S. The number of nitrogens with zero attached hydrogens (tertiary/aromatic N) is 2. The molecule has 0 saturated heterocycles. The second-order valence-electron chi connectivity index (χ2n) is 6.45. The Hall–Kier alpha value is -3.04. The van der Waals surface area contributed by atoms with E-state index in [1.165, 1.54) is 11.8 Å². The third kappa shape index (κ3) is 3.80. The van der Waals surface area contributed by atoms with Crippen molar-refractivity contribution in [3.05, 3.63) is 63.9 Å². The highest BCUT2D eigenvalue weighted by Gasteiger charge is 2.20. The van der Waals surface area contributed by atoms with Gasteiger partial charge >= 0.3 is 0 Å². The zero-order valence-electron chi connectivity index (χ0n) is 16.0. The number of carbonyl (C=O) groups is 1. The second-order valence-corrected chi connectivity index (χ2v) is 7.76. The molecule has 1 atom stereocenters. The Morgan fingerprint density at radius 1 is 1.25 bits per heavy atom. The molecule has 0 fully saturated rings. The average molecular weight is 391 g/mol. The molecule has 1 heterocycles. The van der Waals surface area contributed by atoms with Crippen LogP contribution in [0, 0.1) is 26.2 Å². The van der Waals surface area contributed by atoms with Crippen molar-refractivity contribution in [3.63, 3.8) is 0 Å². The molecule has 6 heteroatoms. The van der Waals surface area contributed by atoms with Gasteiger partial charge in [0.05, 0.1) is 28.4 Å². The number of terminal acetylenes is 1. The van der Waals surface area contributed by atoms with E-state index < -0.39 is 5.25 Å². The van der Waals surface area contributed by atoms with Gasteiger partial charge in [0.25, 0.3) is 5.56 Å². The summed E-state index contributed by atoms with van der Waals surface area (Å²) in [5, 5.41) is 3.22. The van der Waals surface area contributed by atoms with Gasteiger partial charge in [-0.15, -0.1) is 6.42 Å². The van der Waals surface area contributed by atoms with E-state index in [1.54, 1.807) is 23.6 Å². The smallest absolute Gasteiger partial charge is 0.266 e. The molecule has 2 aromatic carbocycles. The number of amides is 1. The fourth-order valence-corrected chi connectivity index (χ4v) is 3.82. The number of para-hydroxylation sites is 1. The van der Waals surface area contributed by atoms with E-state index in [1.807, 2.05) is 44.2 Å². The molecule has 0 aliphatic rings. The molecule has 3 rings (SSSR count). The highest BCUT2D eigenvalue weighted by molar-refractivity contribution is 8.00. The molecule has 0 spiro atoms. The fourth-order valence-electron chi connectivity index (χ4n) is 2.88. The molecule has 3 aromatic rings. The largest absolute Gasteiger partial charge is 0.344 e. The lowest BCUT2D eigenvalue weighted by molar-refractivity contribution is -0.120. The molecule has 0 radical (unpaired) electrons. The monoisotopic (exact) mass is 391 g/mol. The van der Waals surface area contributed by atoms with Crippen LogP contribution >= 0.6 is 11.8 Å². The first kappa shape index (κ1) is 19.7. The van der Waals surface area contributed by atoms with Gasteiger partial charge in [0, 0.05) is 0 Å². The topological polar surface area (TPSA) is 64.0 Å². The van der Waals surface area contributed by atoms with Crippen molar-refractivity contribution in [2.45, 2.75) is 31.2 Å². The summed E-state index contributed by atoms with van der Waals surface area (Å²) in [6, 6.07) is 13.0. The summed E-state index contributed by atoms with van der Waals surface area (Å²) in [4.78, 5) is 30.3. The lowest BCUT2D eigenvalue weighted by atomic mass is 10.1. The van der Waals surface area contributed by atoms with Gasteiger partial charge in [-0.05, 0) is 50.1 Å². The molecule has 1 N–H and O–H groups in total. The van der Waals surface area contributed by atoms with E-state index in [-0.39, 0.29) is 18.0 Å². The van der Waals surface area contributed by atoms with Gasteiger partial charge in [0.15, 0.2) is 5.16 Å². The fraction of sp³-hybridized carbons (Fsp3) is 0.227. The van der Waals surface area contributed by atoms with Gasteiger partial charge in [-0.3, -0.25) is 14.2 Å². The average Bonchev–Trinajstić information content (AvgIpc) is 2.69. The van der Waals surface area contributed by atoms with Crippen LogP contribution in [-0.4, -0.2) is 27.3 Å². The Morgan fingerprint density at radius 2 is 2.00 bits per heavy atom. The van der Waals surface area contributed by atoms with Crippen LogP contribution in [0.15, 0.2) is 52.4 Å². The zero-order valence-corrected chi connectivity index (χ0v) is 16.8. The number of nitrogens with one attached hydrogen (secondary N) is 1. The maximum atomic E-state index is 13.3. The predicted molar refractivity (Wildman–Crippen MR) is 114 cm³/mol. The van der Waals surface area contributed by atoms with Crippen LogP contribution in [0.5, 0.6) is 0 Å². The standard InChI is InChI=1S/C22H21N3O2S/c1-5-13-23-20(26)16(4)28-22-24-18-11-7-6-10-17(18)21(27)25(22)19-12-8-9-14(2)15(19)3/h1,6-12,16H,13H2,2-4H3,(H,23,26). The van der Waals surface area contributed by atoms with Gasteiger partial charge in [0.2, 0.25) is 5.91 Å². The number of fused-ring (bicyclic) bond motifs is 1. The number of rotatable bonds is 5. The van der Waals surface area contributed by atoms with Crippen LogP contribution in [0.25, 0.3) is 16.6 Å². The number of aromatic nitrogens is 2. The highest BCUT2D eigenvalue weighted by Crippen LogP contribution is 2.27. The van der Waals surface area contributed by atoms with E-state index in [0.717, 1.165) is 16.8 Å². The Balaban J connectivity index is 2.18. The van der Waals surface area contributed by atoms with Gasteiger partial charge in [-0.25, -0.2) is 4.98 Å². The first-order valence-corrected chi connectivity index (χ1v) is 9.78. The van der Waals surface area contributed by atoms with E-state index in [2.05, 4.69) is 11.2 Å². The van der Waals surface area contributed by atoms with Crippen LogP contribution in [0.4, 0.5) is 0 Å². The number of hydrogen-bond donors (Lipinski definition) is 1. The number of hydrogen-bond acceptors (Lipinski definition) is 4. The van der Waals surface area contributed by atoms with Crippen LogP contribution in [0.3, 0.4) is 0 Å². The maximum absolute atomic E-state index is 13.3. The summed E-state index contributed by atoms with van der Waals surface area (Å²) in [5.41, 5.74) is 3.29. The summed E-state index contributed by atoms with van der Waals surface area (Å²) < 4.78 is 1.60. The van der Waals surface area contributed by atoms with E-state index in [4.69, 9.17) is 11.4 Å². The summed E-state index contributed by atoms with van der Waals surface area (Å²) in [5.74, 6) is 2.19. The second kappa shape index (κ2) is 8.32. The first-order chi connectivity index (χ1) is 13.4. The van der Waals surface area contributed by atoms with Gasteiger partial charge in [0.1, 0.15) is 0 Å². The van der Waals surface area contributed by atoms with Crippen molar-refractivity contribution in [2.75, 3.05) is 6.54 Å². The van der Waals surface area contributed by atoms with Crippen LogP contribution in [0.1, 0.15) is 18.1 Å². The van der Waals surface area contributed by atoms with E-state index >= 15 is 0 Å². The minimum absolute atomic E-state index is 0.155. The van der Waals surface area contributed by atoms with Gasteiger partial charge in [-0.2, -0.15) is 0 Å². The molecule has 0 aliphatic heterocycles. The van der Waals surface area contributed by atoms with E-state index in [9.17, 15) is 9.59 Å². The van der Waals surface area contributed by atoms with Crippen molar-refractivity contribution in [1.29, 1.82) is 0 Å². The maximum Gasteiger partial charge on any atom is 0.266 e. The molecule has 0 saturated carbocycles. The van der Waals surface area contributed by atoms with Crippen LogP contribution in [0.2, 0.25) is 0 Å². The summed E-state index contributed by atoms with van der Waals surface area (Å²) in [6.07, 6.45) is 5.21. The quantitative estimate of drug-likeness (QED) is 0.412. The lowest BCUT2D eigenvalue weighted by Gasteiger charge is -2.18. The molecule has 142 valence electrons. The van der Waals surface area contributed by atoms with Crippen molar-refractivity contribution in [3.8, 4) is 18.0 Å². The minimum atomic E-state index is -0.460. The van der Waals surface area contributed by atoms with Gasteiger partial charge in [-0.1, -0.05) is 41.9 Å². The van der Waals surface area contributed by atoms with Crippen molar-refractivity contribution in [1.82, 2.24) is 14.9 Å². The highest BCUT2D eigenvalue weighted by atomic mass is 32.2. The van der Waals surface area contributed by atoms with Crippen molar-refractivity contribution in [2.24, 2.45) is 0 Å². The van der Waals surface area contributed by atoms with Gasteiger partial charge < -0.3 is 5.32 Å².